The smallest absolute Gasteiger partial charge is 0.147 e. The van der Waals surface area contributed by atoms with E-state index in [1.54, 1.807) is 23.2 Å². The molecule has 5 nitrogen and oxygen atoms in total. The first-order valence-electron chi connectivity index (χ1n) is 3.53. The summed E-state index contributed by atoms with van der Waals surface area (Å²) in [4.78, 5) is 11.6. The van der Waals surface area contributed by atoms with Gasteiger partial charge in [0.2, 0.25) is 0 Å². The van der Waals surface area contributed by atoms with E-state index in [0.29, 0.717) is 16.8 Å². The first kappa shape index (κ1) is 8.00. The molecule has 13 heavy (non-hydrogen) atoms. The standard InChI is InChI=1S/C7H6ClN5/c8-5-2-13(4-12-5)7-1-6(9)10-3-11-7/h1-4H,(H2,9,10,11). The molecule has 0 amide bonds. The zero-order chi connectivity index (χ0) is 9.26. The molecule has 0 bridgehead atoms. The number of nitrogen functional groups attached to an aromatic ring is 1. The SMILES string of the molecule is Nc1cc(-n2cnc(Cl)c2)ncn1. The molecule has 0 saturated heterocycles. The molecule has 2 aromatic heterocycles. The zero-order valence-corrected chi connectivity index (χ0v) is 7.31. The minimum absolute atomic E-state index is 0.412. The lowest BCUT2D eigenvalue weighted by atomic mass is 10.5. The van der Waals surface area contributed by atoms with Crippen LogP contribution < -0.4 is 5.73 Å². The van der Waals surface area contributed by atoms with E-state index in [-0.39, 0.29) is 0 Å². The van der Waals surface area contributed by atoms with Gasteiger partial charge in [0.25, 0.3) is 0 Å². The van der Waals surface area contributed by atoms with E-state index in [0.717, 1.165) is 0 Å². The Hall–Kier alpha value is -1.62. The summed E-state index contributed by atoms with van der Waals surface area (Å²) >= 11 is 5.64. The van der Waals surface area contributed by atoms with Crippen molar-refractivity contribution in [2.45, 2.75) is 0 Å². The van der Waals surface area contributed by atoms with Gasteiger partial charge in [-0.15, -0.1) is 0 Å². The summed E-state index contributed by atoms with van der Waals surface area (Å²) in [6.07, 6.45) is 4.59. The maximum Gasteiger partial charge on any atom is 0.147 e. The van der Waals surface area contributed by atoms with Crippen molar-refractivity contribution in [1.82, 2.24) is 19.5 Å². The number of rotatable bonds is 1. The van der Waals surface area contributed by atoms with E-state index in [9.17, 15) is 0 Å². The summed E-state index contributed by atoms with van der Waals surface area (Å²) in [5.74, 6) is 1.06. The van der Waals surface area contributed by atoms with Crippen molar-refractivity contribution in [2.75, 3.05) is 5.73 Å². The fourth-order valence-corrected chi connectivity index (χ4v) is 1.08. The Labute approximate surface area is 79.2 Å². The van der Waals surface area contributed by atoms with Gasteiger partial charge in [0.15, 0.2) is 0 Å². The van der Waals surface area contributed by atoms with Crippen LogP contribution in [0.3, 0.4) is 0 Å². The minimum atomic E-state index is 0.412. The molecule has 0 radical (unpaired) electrons. The Morgan fingerprint density at radius 2 is 2.15 bits per heavy atom. The maximum atomic E-state index is 5.64. The number of aromatic nitrogens is 4. The molecule has 0 aliphatic carbocycles. The fourth-order valence-electron chi connectivity index (χ4n) is 0.927. The average Bonchev–Trinajstić information content (AvgIpc) is 2.52. The molecule has 0 aromatic carbocycles. The number of hydrogen-bond acceptors (Lipinski definition) is 4. The number of nitrogens with two attached hydrogens (primary N) is 1. The first-order valence-corrected chi connectivity index (χ1v) is 3.91. The Kier molecular flexibility index (Phi) is 1.86. The Morgan fingerprint density at radius 1 is 1.31 bits per heavy atom. The summed E-state index contributed by atoms with van der Waals surface area (Å²) in [5.41, 5.74) is 5.48. The molecule has 0 spiro atoms. The third-order valence-corrected chi connectivity index (χ3v) is 1.68. The highest BCUT2D eigenvalue weighted by atomic mass is 35.5. The van der Waals surface area contributed by atoms with Crippen LogP contribution in [0.25, 0.3) is 5.82 Å². The molecule has 2 rings (SSSR count). The van der Waals surface area contributed by atoms with Gasteiger partial charge in [-0.05, 0) is 0 Å². The molecular weight excluding hydrogens is 190 g/mol. The van der Waals surface area contributed by atoms with Crippen molar-refractivity contribution < 1.29 is 0 Å². The largest absolute Gasteiger partial charge is 0.384 e. The maximum absolute atomic E-state index is 5.64. The van der Waals surface area contributed by atoms with E-state index in [2.05, 4.69) is 15.0 Å². The third kappa shape index (κ3) is 1.59. The van der Waals surface area contributed by atoms with E-state index in [1.165, 1.54) is 6.33 Å². The molecule has 2 heterocycles. The van der Waals surface area contributed by atoms with Crippen LogP contribution in [0.4, 0.5) is 5.82 Å². The second-order valence-corrected chi connectivity index (χ2v) is 2.79. The number of nitrogens with zero attached hydrogens (tertiary/aromatic N) is 4. The van der Waals surface area contributed by atoms with Gasteiger partial charge in [0, 0.05) is 12.3 Å². The fraction of sp³-hybridized carbons (Fsp3) is 0. The van der Waals surface area contributed by atoms with Gasteiger partial charge >= 0.3 is 0 Å². The van der Waals surface area contributed by atoms with Crippen molar-refractivity contribution >= 4 is 17.4 Å². The first-order chi connectivity index (χ1) is 6.25. The highest BCUT2D eigenvalue weighted by molar-refractivity contribution is 6.29. The molecule has 2 N–H and O–H groups in total. The van der Waals surface area contributed by atoms with E-state index >= 15 is 0 Å². The molecule has 2 aromatic rings. The van der Waals surface area contributed by atoms with E-state index in [4.69, 9.17) is 17.3 Å². The van der Waals surface area contributed by atoms with Crippen LogP contribution in [0.1, 0.15) is 0 Å². The summed E-state index contributed by atoms with van der Waals surface area (Å²) in [5, 5.41) is 0.414. The van der Waals surface area contributed by atoms with Gasteiger partial charge in [-0.2, -0.15) is 0 Å². The lowest BCUT2D eigenvalue weighted by molar-refractivity contribution is 0.974. The highest BCUT2D eigenvalue weighted by Crippen LogP contribution is 2.09. The van der Waals surface area contributed by atoms with Crippen LogP contribution in [-0.2, 0) is 0 Å². The Bertz CT molecular complexity index is 424. The normalized spacial score (nSPS) is 10.2. The molecule has 0 aliphatic rings. The van der Waals surface area contributed by atoms with Gasteiger partial charge < -0.3 is 5.73 Å². The lowest BCUT2D eigenvalue weighted by Gasteiger charge is -1.99. The van der Waals surface area contributed by atoms with Crippen LogP contribution in [0.2, 0.25) is 5.15 Å². The number of anilines is 1. The van der Waals surface area contributed by atoms with Gasteiger partial charge in [0.1, 0.15) is 29.4 Å². The number of imidazole rings is 1. The average molecular weight is 196 g/mol. The van der Waals surface area contributed by atoms with Crippen molar-refractivity contribution in [1.29, 1.82) is 0 Å². The minimum Gasteiger partial charge on any atom is -0.384 e. The summed E-state index contributed by atoms with van der Waals surface area (Å²) in [6.45, 7) is 0. The molecular formula is C7H6ClN5. The predicted octanol–water partition coefficient (Wildman–Crippen LogP) is 0.898. The molecule has 0 unspecified atom stereocenters. The second kappa shape index (κ2) is 3.02. The molecule has 0 fully saturated rings. The van der Waals surface area contributed by atoms with Crippen molar-refractivity contribution in [2.24, 2.45) is 0 Å². The van der Waals surface area contributed by atoms with Crippen LogP contribution in [0, 0.1) is 0 Å². The van der Waals surface area contributed by atoms with Gasteiger partial charge in [-0.25, -0.2) is 15.0 Å². The van der Waals surface area contributed by atoms with Crippen LogP contribution in [0.5, 0.6) is 0 Å². The van der Waals surface area contributed by atoms with Crippen LogP contribution >= 0.6 is 11.6 Å². The molecule has 66 valence electrons. The molecule has 6 heteroatoms. The van der Waals surface area contributed by atoms with Crippen molar-refractivity contribution in [3.63, 3.8) is 0 Å². The third-order valence-electron chi connectivity index (χ3n) is 1.49. The van der Waals surface area contributed by atoms with Crippen molar-refractivity contribution in [3.05, 3.63) is 30.1 Å². The molecule has 0 aliphatic heterocycles. The second-order valence-electron chi connectivity index (χ2n) is 2.40. The summed E-state index contributed by atoms with van der Waals surface area (Å²) in [7, 11) is 0. The summed E-state index contributed by atoms with van der Waals surface area (Å²) in [6, 6.07) is 1.64. The number of halogens is 1. The van der Waals surface area contributed by atoms with Gasteiger partial charge in [-0.1, -0.05) is 11.6 Å². The van der Waals surface area contributed by atoms with Crippen LogP contribution in [0.15, 0.2) is 24.9 Å². The number of hydrogen-bond donors (Lipinski definition) is 1. The monoisotopic (exact) mass is 195 g/mol. The molecule has 0 atom stereocenters. The van der Waals surface area contributed by atoms with Gasteiger partial charge in [-0.3, -0.25) is 4.57 Å². The van der Waals surface area contributed by atoms with E-state index < -0.39 is 0 Å². The Morgan fingerprint density at radius 3 is 2.77 bits per heavy atom. The zero-order valence-electron chi connectivity index (χ0n) is 6.55. The topological polar surface area (TPSA) is 69.6 Å². The van der Waals surface area contributed by atoms with Crippen molar-refractivity contribution in [3.8, 4) is 5.82 Å². The molecule has 0 saturated carbocycles. The van der Waals surface area contributed by atoms with Crippen LogP contribution in [-0.4, -0.2) is 19.5 Å². The summed E-state index contributed by atoms with van der Waals surface area (Å²) < 4.78 is 1.67. The Balaban J connectivity index is 2.46. The highest BCUT2D eigenvalue weighted by Gasteiger charge is 1.99. The van der Waals surface area contributed by atoms with Gasteiger partial charge in [0.05, 0.1) is 0 Å². The van der Waals surface area contributed by atoms with E-state index in [1.807, 2.05) is 0 Å². The predicted molar refractivity (Wildman–Crippen MR) is 48.6 cm³/mol. The lowest BCUT2D eigenvalue weighted by Crippen LogP contribution is -1.98. The quantitative estimate of drug-likeness (QED) is 0.734.